The zero-order valence-corrected chi connectivity index (χ0v) is 15.2. The fourth-order valence-electron chi connectivity index (χ4n) is 3.97. The van der Waals surface area contributed by atoms with E-state index in [1.807, 2.05) is 6.07 Å². The van der Waals surface area contributed by atoms with Crippen LogP contribution in [-0.4, -0.2) is 31.1 Å². The van der Waals surface area contributed by atoms with Gasteiger partial charge in [-0.25, -0.2) is 0 Å². The molecule has 1 aromatic carbocycles. The van der Waals surface area contributed by atoms with Gasteiger partial charge < -0.3 is 14.2 Å². The second-order valence-corrected chi connectivity index (χ2v) is 7.02. The Morgan fingerprint density at radius 3 is 2.76 bits per heavy atom. The molecule has 25 heavy (non-hydrogen) atoms. The van der Waals surface area contributed by atoms with Crippen molar-refractivity contribution in [1.29, 1.82) is 0 Å². The summed E-state index contributed by atoms with van der Waals surface area (Å²) in [6.45, 7) is 4.55. The van der Waals surface area contributed by atoms with Gasteiger partial charge in [0.2, 0.25) is 0 Å². The maximum Gasteiger partial charge on any atom is 0.302 e. The van der Waals surface area contributed by atoms with Crippen molar-refractivity contribution >= 4 is 5.97 Å². The zero-order valence-electron chi connectivity index (χ0n) is 15.2. The first-order chi connectivity index (χ1) is 12.1. The average Bonchev–Trinajstić information content (AvgIpc) is 3.03. The van der Waals surface area contributed by atoms with Gasteiger partial charge >= 0.3 is 5.97 Å². The minimum atomic E-state index is -0.619. The normalized spacial score (nSPS) is 28.8. The van der Waals surface area contributed by atoms with Gasteiger partial charge in [-0.2, -0.15) is 0 Å². The van der Waals surface area contributed by atoms with E-state index in [1.54, 1.807) is 0 Å². The molecule has 3 atom stereocenters. The molecule has 0 saturated carbocycles. The van der Waals surface area contributed by atoms with Gasteiger partial charge in [0, 0.05) is 13.3 Å². The molecule has 0 bridgehead atoms. The van der Waals surface area contributed by atoms with Crippen molar-refractivity contribution in [3.63, 3.8) is 0 Å². The highest BCUT2D eigenvalue weighted by Crippen LogP contribution is 2.44. The minimum absolute atomic E-state index is 0.00845. The molecule has 4 heteroatoms. The van der Waals surface area contributed by atoms with Gasteiger partial charge in [-0.1, -0.05) is 42.0 Å². The van der Waals surface area contributed by atoms with Crippen molar-refractivity contribution in [1.82, 2.24) is 0 Å². The largest absolute Gasteiger partial charge is 0.465 e. The Morgan fingerprint density at radius 2 is 2.08 bits per heavy atom. The van der Waals surface area contributed by atoms with Crippen molar-refractivity contribution in [2.75, 3.05) is 13.2 Å². The summed E-state index contributed by atoms with van der Waals surface area (Å²) >= 11 is 0. The van der Waals surface area contributed by atoms with Crippen LogP contribution in [-0.2, 0) is 25.4 Å². The maximum atomic E-state index is 11.3. The highest BCUT2D eigenvalue weighted by molar-refractivity contribution is 5.65. The first-order valence-electron chi connectivity index (χ1n) is 9.29. The van der Waals surface area contributed by atoms with Crippen LogP contribution in [0.3, 0.4) is 0 Å². The van der Waals surface area contributed by atoms with Gasteiger partial charge in [0.15, 0.2) is 5.79 Å². The fraction of sp³-hybridized carbons (Fsp3) is 0.571. The molecule has 2 aliphatic rings. The number of esters is 1. The summed E-state index contributed by atoms with van der Waals surface area (Å²) in [5, 5.41) is 0. The zero-order chi connectivity index (χ0) is 17.7. The number of aryl methyl sites for hydroxylation is 1. The average molecular weight is 344 g/mol. The molecule has 0 aromatic heterocycles. The van der Waals surface area contributed by atoms with Gasteiger partial charge in [-0.3, -0.25) is 4.79 Å². The molecule has 0 radical (unpaired) electrons. The lowest BCUT2D eigenvalue weighted by Crippen LogP contribution is -2.48. The third kappa shape index (κ3) is 4.50. The summed E-state index contributed by atoms with van der Waals surface area (Å²) < 4.78 is 17.6. The molecule has 0 aliphatic carbocycles. The Hall–Kier alpha value is -1.65. The molecular formula is C21H28O4. The van der Waals surface area contributed by atoms with E-state index in [1.165, 1.54) is 18.1 Å². The van der Waals surface area contributed by atoms with Crippen LogP contribution in [0, 0.1) is 5.92 Å². The summed E-state index contributed by atoms with van der Waals surface area (Å²) in [5.74, 6) is -0.882. The van der Waals surface area contributed by atoms with E-state index in [0.717, 1.165) is 32.1 Å². The summed E-state index contributed by atoms with van der Waals surface area (Å²) in [6, 6.07) is 10.5. The molecule has 1 aromatic rings. The fourth-order valence-corrected chi connectivity index (χ4v) is 3.97. The molecule has 0 N–H and O–H groups in total. The van der Waals surface area contributed by atoms with Gasteiger partial charge in [-0.15, -0.1) is 0 Å². The Labute approximate surface area is 150 Å². The van der Waals surface area contributed by atoms with Gasteiger partial charge in [0.25, 0.3) is 0 Å². The van der Waals surface area contributed by atoms with E-state index in [2.05, 4.69) is 37.3 Å². The van der Waals surface area contributed by atoms with E-state index in [4.69, 9.17) is 14.2 Å². The standard InChI is InChI=1S/C21H28O4/c1-16-14-19(11-6-10-18-8-4-3-5-9-18)20(15-23-17(2)22)21(25-16)12-7-13-24-21/h3-5,8-9,14,16,20H,6-7,10-13,15H2,1-2H3/t16-,20+,21+/m1/s1. The monoisotopic (exact) mass is 344 g/mol. The Bertz CT molecular complexity index is 602. The molecule has 1 saturated heterocycles. The van der Waals surface area contributed by atoms with Crippen LogP contribution in [0.25, 0.3) is 0 Å². The number of carbonyl (C=O) groups excluding carboxylic acids is 1. The predicted octanol–water partition coefficient (Wildman–Crippen LogP) is 4.04. The molecule has 2 heterocycles. The Kier molecular flexibility index (Phi) is 5.92. The lowest BCUT2D eigenvalue weighted by molar-refractivity contribution is -0.260. The summed E-state index contributed by atoms with van der Waals surface area (Å²) in [5.41, 5.74) is 2.66. The van der Waals surface area contributed by atoms with E-state index in [0.29, 0.717) is 13.2 Å². The second-order valence-electron chi connectivity index (χ2n) is 7.02. The van der Waals surface area contributed by atoms with E-state index in [9.17, 15) is 4.79 Å². The van der Waals surface area contributed by atoms with Crippen LogP contribution in [0.4, 0.5) is 0 Å². The summed E-state index contributed by atoms with van der Waals surface area (Å²) in [6.07, 6.45) is 7.14. The lowest BCUT2D eigenvalue weighted by Gasteiger charge is -2.42. The third-order valence-electron chi connectivity index (χ3n) is 5.06. The van der Waals surface area contributed by atoms with Crippen molar-refractivity contribution in [2.45, 2.75) is 57.8 Å². The molecule has 1 fully saturated rings. The van der Waals surface area contributed by atoms with E-state index >= 15 is 0 Å². The molecular weight excluding hydrogens is 316 g/mol. The number of carbonyl (C=O) groups is 1. The molecule has 0 amide bonds. The van der Waals surface area contributed by atoms with Crippen molar-refractivity contribution in [3.05, 3.63) is 47.5 Å². The third-order valence-corrected chi connectivity index (χ3v) is 5.06. The van der Waals surface area contributed by atoms with Gasteiger partial charge in [0.1, 0.15) is 6.61 Å². The first-order valence-corrected chi connectivity index (χ1v) is 9.29. The van der Waals surface area contributed by atoms with E-state index in [-0.39, 0.29) is 18.0 Å². The molecule has 136 valence electrons. The first kappa shape index (κ1) is 18.2. The number of ether oxygens (including phenoxy) is 3. The number of rotatable bonds is 6. The quantitative estimate of drug-likeness (QED) is 0.577. The minimum Gasteiger partial charge on any atom is -0.465 e. The van der Waals surface area contributed by atoms with Crippen LogP contribution in [0.5, 0.6) is 0 Å². The molecule has 0 unspecified atom stereocenters. The van der Waals surface area contributed by atoms with Gasteiger partial charge in [0.05, 0.1) is 18.6 Å². The molecule has 2 aliphatic heterocycles. The number of hydrogen-bond acceptors (Lipinski definition) is 4. The Morgan fingerprint density at radius 1 is 1.28 bits per heavy atom. The van der Waals surface area contributed by atoms with Crippen LogP contribution >= 0.6 is 0 Å². The highest BCUT2D eigenvalue weighted by atomic mass is 16.7. The smallest absolute Gasteiger partial charge is 0.302 e. The van der Waals surface area contributed by atoms with E-state index < -0.39 is 5.79 Å². The molecule has 1 spiro atoms. The predicted molar refractivity (Wildman–Crippen MR) is 96.1 cm³/mol. The van der Waals surface area contributed by atoms with Crippen LogP contribution in [0.15, 0.2) is 42.0 Å². The highest BCUT2D eigenvalue weighted by Gasteiger charge is 2.49. The van der Waals surface area contributed by atoms with Crippen molar-refractivity contribution in [3.8, 4) is 0 Å². The lowest BCUT2D eigenvalue weighted by atomic mass is 9.83. The number of benzene rings is 1. The van der Waals surface area contributed by atoms with Crippen molar-refractivity contribution in [2.24, 2.45) is 5.92 Å². The van der Waals surface area contributed by atoms with Crippen LogP contribution < -0.4 is 0 Å². The summed E-state index contributed by atoms with van der Waals surface area (Å²) in [7, 11) is 0. The number of hydrogen-bond donors (Lipinski definition) is 0. The summed E-state index contributed by atoms with van der Waals surface area (Å²) in [4.78, 5) is 11.3. The van der Waals surface area contributed by atoms with Crippen LogP contribution in [0.2, 0.25) is 0 Å². The van der Waals surface area contributed by atoms with Crippen molar-refractivity contribution < 1.29 is 19.0 Å². The maximum absolute atomic E-state index is 11.3. The Balaban J connectivity index is 1.70. The SMILES string of the molecule is CC(=O)OC[C@H]1C(CCCc2ccccc2)=C[C@@H](C)O[C@@]12CCCO2. The van der Waals surface area contributed by atoms with Gasteiger partial charge in [-0.05, 0) is 38.2 Å². The second kappa shape index (κ2) is 8.15. The molecule has 4 nitrogen and oxygen atoms in total. The van der Waals surface area contributed by atoms with Crippen LogP contribution in [0.1, 0.15) is 45.1 Å². The topological polar surface area (TPSA) is 44.8 Å². The molecule has 3 rings (SSSR count).